The lowest BCUT2D eigenvalue weighted by Gasteiger charge is -2.35. The van der Waals surface area contributed by atoms with E-state index in [1.165, 1.54) is 5.69 Å². The third-order valence-electron chi connectivity index (χ3n) is 3.86. The highest BCUT2D eigenvalue weighted by atomic mass is 16.5. The SMILES string of the molecule is CC(=O)N1CC(C)Oc2cc(N3CCNCC3)ccc21. The second-order valence-electron chi connectivity index (χ2n) is 5.45. The number of nitrogens with one attached hydrogen (secondary N) is 1. The second kappa shape index (κ2) is 5.32. The lowest BCUT2D eigenvalue weighted by molar-refractivity contribution is -0.117. The number of rotatable bonds is 1. The summed E-state index contributed by atoms with van der Waals surface area (Å²) in [5, 5.41) is 3.35. The van der Waals surface area contributed by atoms with Crippen molar-refractivity contribution in [3.05, 3.63) is 18.2 Å². The van der Waals surface area contributed by atoms with Crippen molar-refractivity contribution in [3.8, 4) is 5.75 Å². The molecule has 2 heterocycles. The molecule has 20 heavy (non-hydrogen) atoms. The number of hydrogen-bond donors (Lipinski definition) is 1. The maximum Gasteiger partial charge on any atom is 0.224 e. The number of anilines is 2. The Balaban J connectivity index is 1.91. The Labute approximate surface area is 119 Å². The molecule has 1 unspecified atom stereocenters. The fraction of sp³-hybridized carbons (Fsp3) is 0.533. The minimum absolute atomic E-state index is 0.0321. The molecule has 0 aromatic heterocycles. The van der Waals surface area contributed by atoms with Gasteiger partial charge in [-0.2, -0.15) is 0 Å². The number of piperazine rings is 1. The Morgan fingerprint density at radius 3 is 2.80 bits per heavy atom. The van der Waals surface area contributed by atoms with Crippen LogP contribution in [0.1, 0.15) is 13.8 Å². The molecule has 0 aliphatic carbocycles. The summed E-state index contributed by atoms with van der Waals surface area (Å²) in [7, 11) is 0. The summed E-state index contributed by atoms with van der Waals surface area (Å²) >= 11 is 0. The second-order valence-corrected chi connectivity index (χ2v) is 5.45. The molecule has 1 aromatic rings. The number of benzene rings is 1. The summed E-state index contributed by atoms with van der Waals surface area (Å²) in [4.78, 5) is 15.9. The van der Waals surface area contributed by atoms with Crippen LogP contribution in [0.3, 0.4) is 0 Å². The molecule has 1 saturated heterocycles. The van der Waals surface area contributed by atoms with Crippen molar-refractivity contribution < 1.29 is 9.53 Å². The van der Waals surface area contributed by atoms with Crippen LogP contribution in [0.5, 0.6) is 5.75 Å². The van der Waals surface area contributed by atoms with Crippen LogP contribution in [-0.4, -0.2) is 44.7 Å². The molecule has 1 amide bonds. The van der Waals surface area contributed by atoms with Crippen molar-refractivity contribution >= 4 is 17.3 Å². The molecule has 2 aliphatic rings. The predicted molar refractivity (Wildman–Crippen MR) is 79.6 cm³/mol. The van der Waals surface area contributed by atoms with Gasteiger partial charge in [0.2, 0.25) is 5.91 Å². The zero-order valence-electron chi connectivity index (χ0n) is 12.1. The van der Waals surface area contributed by atoms with Crippen LogP contribution in [-0.2, 0) is 4.79 Å². The smallest absolute Gasteiger partial charge is 0.224 e. The van der Waals surface area contributed by atoms with Gasteiger partial charge in [0.25, 0.3) is 0 Å². The molecule has 108 valence electrons. The first kappa shape index (κ1) is 13.2. The zero-order valence-corrected chi connectivity index (χ0v) is 12.1. The van der Waals surface area contributed by atoms with Gasteiger partial charge in [-0.15, -0.1) is 0 Å². The molecule has 1 fully saturated rings. The average Bonchev–Trinajstić information content (AvgIpc) is 2.46. The first-order valence-corrected chi connectivity index (χ1v) is 7.19. The van der Waals surface area contributed by atoms with E-state index in [0.29, 0.717) is 6.54 Å². The first-order valence-electron chi connectivity index (χ1n) is 7.19. The highest BCUT2D eigenvalue weighted by Crippen LogP contribution is 2.36. The molecular formula is C15H21N3O2. The fourth-order valence-electron chi connectivity index (χ4n) is 2.85. The van der Waals surface area contributed by atoms with Crippen LogP contribution in [0.2, 0.25) is 0 Å². The van der Waals surface area contributed by atoms with Gasteiger partial charge in [-0.3, -0.25) is 4.79 Å². The lowest BCUT2D eigenvalue weighted by Crippen LogP contribution is -2.44. The lowest BCUT2D eigenvalue weighted by atomic mass is 10.1. The van der Waals surface area contributed by atoms with Crippen molar-refractivity contribution in [2.24, 2.45) is 0 Å². The predicted octanol–water partition coefficient (Wildman–Crippen LogP) is 1.23. The number of carbonyl (C=O) groups is 1. The van der Waals surface area contributed by atoms with Crippen LogP contribution in [0, 0.1) is 0 Å². The number of ether oxygens (including phenoxy) is 1. The topological polar surface area (TPSA) is 44.8 Å². The van der Waals surface area contributed by atoms with Crippen LogP contribution in [0.4, 0.5) is 11.4 Å². The highest BCUT2D eigenvalue weighted by Gasteiger charge is 2.26. The molecule has 1 atom stereocenters. The Morgan fingerprint density at radius 1 is 1.35 bits per heavy atom. The van der Waals surface area contributed by atoms with Gasteiger partial charge < -0.3 is 19.9 Å². The molecule has 0 saturated carbocycles. The van der Waals surface area contributed by atoms with E-state index in [-0.39, 0.29) is 12.0 Å². The molecule has 1 N–H and O–H groups in total. The maximum atomic E-state index is 11.7. The van der Waals surface area contributed by atoms with Crippen molar-refractivity contribution in [1.29, 1.82) is 0 Å². The number of carbonyl (C=O) groups excluding carboxylic acids is 1. The Kier molecular flexibility index (Phi) is 3.53. The van der Waals surface area contributed by atoms with Crippen LogP contribution < -0.4 is 19.9 Å². The van der Waals surface area contributed by atoms with Crippen LogP contribution in [0.25, 0.3) is 0 Å². The number of hydrogen-bond acceptors (Lipinski definition) is 4. The summed E-state index contributed by atoms with van der Waals surface area (Å²) in [6, 6.07) is 6.14. The Morgan fingerprint density at radius 2 is 2.10 bits per heavy atom. The fourth-order valence-corrected chi connectivity index (χ4v) is 2.85. The molecule has 2 aliphatic heterocycles. The third kappa shape index (κ3) is 2.45. The third-order valence-corrected chi connectivity index (χ3v) is 3.86. The molecule has 0 spiro atoms. The monoisotopic (exact) mass is 275 g/mol. The van der Waals surface area contributed by atoms with E-state index in [4.69, 9.17) is 4.74 Å². The van der Waals surface area contributed by atoms with E-state index in [1.54, 1.807) is 11.8 Å². The number of nitrogens with zero attached hydrogens (tertiary/aromatic N) is 2. The van der Waals surface area contributed by atoms with Gasteiger partial charge >= 0.3 is 0 Å². The van der Waals surface area contributed by atoms with Gasteiger partial charge in [0, 0.05) is 44.9 Å². The largest absolute Gasteiger partial charge is 0.487 e. The number of fused-ring (bicyclic) bond motifs is 1. The van der Waals surface area contributed by atoms with E-state index in [2.05, 4.69) is 22.3 Å². The van der Waals surface area contributed by atoms with Gasteiger partial charge in [-0.05, 0) is 19.1 Å². The van der Waals surface area contributed by atoms with Gasteiger partial charge in [0.1, 0.15) is 11.9 Å². The van der Waals surface area contributed by atoms with Gasteiger partial charge in [0.05, 0.1) is 12.2 Å². The average molecular weight is 275 g/mol. The highest BCUT2D eigenvalue weighted by molar-refractivity contribution is 5.94. The Bertz CT molecular complexity index is 512. The normalized spacial score (nSPS) is 22.2. The number of amides is 1. The van der Waals surface area contributed by atoms with Gasteiger partial charge in [0.15, 0.2) is 0 Å². The standard InChI is InChI=1S/C15H21N3O2/c1-11-10-18(12(2)19)14-4-3-13(9-15(14)20-11)17-7-5-16-6-8-17/h3-4,9,11,16H,5-8,10H2,1-2H3. The maximum absolute atomic E-state index is 11.7. The van der Waals surface area contributed by atoms with E-state index in [1.807, 2.05) is 13.0 Å². The summed E-state index contributed by atoms with van der Waals surface area (Å²) in [5.74, 6) is 0.881. The summed E-state index contributed by atoms with van der Waals surface area (Å²) in [6.07, 6.45) is 0.0321. The Hall–Kier alpha value is -1.75. The van der Waals surface area contributed by atoms with Crippen molar-refractivity contribution in [2.75, 3.05) is 42.5 Å². The molecule has 5 nitrogen and oxygen atoms in total. The molecule has 1 aromatic carbocycles. The van der Waals surface area contributed by atoms with Gasteiger partial charge in [-0.1, -0.05) is 0 Å². The summed E-state index contributed by atoms with van der Waals surface area (Å²) < 4.78 is 5.91. The molecule has 3 rings (SSSR count). The zero-order chi connectivity index (χ0) is 14.1. The molecule has 0 radical (unpaired) electrons. The van der Waals surface area contributed by atoms with E-state index >= 15 is 0 Å². The molecule has 0 bridgehead atoms. The van der Waals surface area contributed by atoms with Crippen LogP contribution in [0.15, 0.2) is 18.2 Å². The van der Waals surface area contributed by atoms with Crippen molar-refractivity contribution in [2.45, 2.75) is 20.0 Å². The van der Waals surface area contributed by atoms with Crippen molar-refractivity contribution in [1.82, 2.24) is 5.32 Å². The summed E-state index contributed by atoms with van der Waals surface area (Å²) in [6.45, 7) is 8.25. The van der Waals surface area contributed by atoms with E-state index in [9.17, 15) is 4.79 Å². The van der Waals surface area contributed by atoms with Gasteiger partial charge in [-0.25, -0.2) is 0 Å². The first-order chi connectivity index (χ1) is 9.65. The minimum Gasteiger partial charge on any atom is -0.487 e. The minimum atomic E-state index is 0.0321. The van der Waals surface area contributed by atoms with Crippen LogP contribution >= 0.6 is 0 Å². The summed E-state index contributed by atoms with van der Waals surface area (Å²) in [5.41, 5.74) is 2.05. The van der Waals surface area contributed by atoms with E-state index < -0.39 is 0 Å². The molecular weight excluding hydrogens is 254 g/mol. The van der Waals surface area contributed by atoms with Crippen molar-refractivity contribution in [3.63, 3.8) is 0 Å². The van der Waals surface area contributed by atoms with E-state index in [0.717, 1.165) is 37.6 Å². The quantitative estimate of drug-likeness (QED) is 0.837. The molecule has 5 heteroatoms.